The molecule has 0 spiro atoms. The van der Waals surface area contributed by atoms with Crippen LogP contribution >= 0.6 is 0 Å². The van der Waals surface area contributed by atoms with Gasteiger partial charge >= 0.3 is 5.97 Å². The Hall–Kier alpha value is -1.46. The molecule has 92 valence electrons. The van der Waals surface area contributed by atoms with E-state index in [1.165, 1.54) is 0 Å². The molecular weight excluding hydrogens is 218 g/mol. The van der Waals surface area contributed by atoms with E-state index in [-0.39, 0.29) is 6.04 Å². The molecule has 0 bridgehead atoms. The Morgan fingerprint density at radius 2 is 2.53 bits per heavy atom. The molecule has 0 saturated carbocycles. The minimum Gasteiger partial charge on any atom is -0.480 e. The van der Waals surface area contributed by atoms with E-state index >= 15 is 0 Å². The van der Waals surface area contributed by atoms with Crippen molar-refractivity contribution in [2.24, 2.45) is 0 Å². The predicted octanol–water partition coefficient (Wildman–Crippen LogP) is 0.501. The van der Waals surface area contributed by atoms with Crippen molar-refractivity contribution in [1.82, 2.24) is 15.2 Å². The third-order valence-corrected chi connectivity index (χ3v) is 3.23. The monoisotopic (exact) mass is 235 g/mol. The Kier molecular flexibility index (Phi) is 3.71. The van der Waals surface area contributed by atoms with Gasteiger partial charge in [0.1, 0.15) is 6.04 Å². The van der Waals surface area contributed by atoms with Crippen molar-refractivity contribution in [3.05, 3.63) is 30.1 Å². The van der Waals surface area contributed by atoms with Gasteiger partial charge in [-0.1, -0.05) is 6.07 Å². The van der Waals surface area contributed by atoms with Gasteiger partial charge < -0.3 is 10.4 Å². The quantitative estimate of drug-likeness (QED) is 0.798. The van der Waals surface area contributed by atoms with Crippen molar-refractivity contribution in [3.63, 3.8) is 0 Å². The van der Waals surface area contributed by atoms with Crippen LogP contribution in [0.15, 0.2) is 24.5 Å². The van der Waals surface area contributed by atoms with Gasteiger partial charge in [0.05, 0.1) is 0 Å². The molecule has 0 aliphatic carbocycles. The first-order valence-corrected chi connectivity index (χ1v) is 5.79. The van der Waals surface area contributed by atoms with Crippen molar-refractivity contribution in [3.8, 4) is 0 Å². The lowest BCUT2D eigenvalue weighted by atomic mass is 10.1. The van der Waals surface area contributed by atoms with Crippen LogP contribution in [-0.2, 0) is 4.79 Å². The van der Waals surface area contributed by atoms with Crippen LogP contribution < -0.4 is 5.32 Å². The van der Waals surface area contributed by atoms with Gasteiger partial charge in [0.25, 0.3) is 0 Å². The standard InChI is InChI=1S/C12H17N3O2/c1-9(10-3-2-4-13-7-10)15-6-5-14-8-11(15)12(16)17/h2-4,7,9,11,14H,5-6,8H2,1H3,(H,16,17). The summed E-state index contributed by atoms with van der Waals surface area (Å²) in [5.74, 6) is -0.770. The normalized spacial score (nSPS) is 23.2. The van der Waals surface area contributed by atoms with Crippen LogP contribution in [0.5, 0.6) is 0 Å². The summed E-state index contributed by atoms with van der Waals surface area (Å²) in [6.45, 7) is 4.10. The zero-order chi connectivity index (χ0) is 12.3. The van der Waals surface area contributed by atoms with E-state index in [0.29, 0.717) is 6.54 Å². The highest BCUT2D eigenvalue weighted by Crippen LogP contribution is 2.22. The number of nitrogens with zero attached hydrogens (tertiary/aromatic N) is 2. The number of hydrogen-bond acceptors (Lipinski definition) is 4. The molecule has 5 heteroatoms. The summed E-state index contributed by atoms with van der Waals surface area (Å²) in [7, 11) is 0. The number of pyridine rings is 1. The second-order valence-corrected chi connectivity index (χ2v) is 4.26. The highest BCUT2D eigenvalue weighted by atomic mass is 16.4. The van der Waals surface area contributed by atoms with Gasteiger partial charge in [0.15, 0.2) is 0 Å². The van der Waals surface area contributed by atoms with E-state index in [1.807, 2.05) is 24.0 Å². The molecule has 1 aliphatic rings. The molecule has 0 radical (unpaired) electrons. The van der Waals surface area contributed by atoms with Crippen molar-refractivity contribution in [2.45, 2.75) is 19.0 Å². The van der Waals surface area contributed by atoms with Crippen LogP contribution in [0.2, 0.25) is 0 Å². The lowest BCUT2D eigenvalue weighted by Gasteiger charge is -2.37. The van der Waals surface area contributed by atoms with Gasteiger partial charge in [0.2, 0.25) is 0 Å². The van der Waals surface area contributed by atoms with Gasteiger partial charge in [-0.15, -0.1) is 0 Å². The maximum Gasteiger partial charge on any atom is 0.322 e. The van der Waals surface area contributed by atoms with Gasteiger partial charge in [-0.05, 0) is 18.6 Å². The zero-order valence-electron chi connectivity index (χ0n) is 9.84. The molecule has 5 nitrogen and oxygen atoms in total. The van der Waals surface area contributed by atoms with E-state index in [9.17, 15) is 9.90 Å². The minimum atomic E-state index is -0.770. The Morgan fingerprint density at radius 3 is 3.18 bits per heavy atom. The number of aromatic nitrogens is 1. The summed E-state index contributed by atoms with van der Waals surface area (Å²) in [6, 6.07) is 3.48. The van der Waals surface area contributed by atoms with Crippen LogP contribution in [0, 0.1) is 0 Å². The molecule has 1 aromatic heterocycles. The molecule has 2 atom stereocenters. The zero-order valence-corrected chi connectivity index (χ0v) is 9.84. The molecular formula is C12H17N3O2. The summed E-state index contributed by atoms with van der Waals surface area (Å²) in [6.07, 6.45) is 3.52. The smallest absolute Gasteiger partial charge is 0.322 e. The van der Waals surface area contributed by atoms with E-state index in [2.05, 4.69) is 10.3 Å². The molecule has 2 rings (SSSR count). The minimum absolute atomic E-state index is 0.0758. The van der Waals surface area contributed by atoms with Crippen molar-refractivity contribution >= 4 is 5.97 Å². The second kappa shape index (κ2) is 5.25. The lowest BCUT2D eigenvalue weighted by molar-refractivity contribution is -0.145. The highest BCUT2D eigenvalue weighted by Gasteiger charge is 2.32. The second-order valence-electron chi connectivity index (χ2n) is 4.26. The predicted molar refractivity (Wildman–Crippen MR) is 63.7 cm³/mol. The van der Waals surface area contributed by atoms with E-state index in [0.717, 1.165) is 18.7 Å². The molecule has 1 aliphatic heterocycles. The number of hydrogen-bond donors (Lipinski definition) is 2. The highest BCUT2D eigenvalue weighted by molar-refractivity contribution is 5.74. The van der Waals surface area contributed by atoms with Crippen molar-refractivity contribution in [2.75, 3.05) is 19.6 Å². The summed E-state index contributed by atoms with van der Waals surface area (Å²) in [5, 5.41) is 12.3. The molecule has 2 N–H and O–H groups in total. The summed E-state index contributed by atoms with van der Waals surface area (Å²) >= 11 is 0. The van der Waals surface area contributed by atoms with Crippen LogP contribution in [0.4, 0.5) is 0 Å². The summed E-state index contributed by atoms with van der Waals surface area (Å²) < 4.78 is 0. The molecule has 2 unspecified atom stereocenters. The van der Waals surface area contributed by atoms with Crippen LogP contribution in [0.3, 0.4) is 0 Å². The van der Waals surface area contributed by atoms with Crippen LogP contribution in [0.25, 0.3) is 0 Å². The first-order chi connectivity index (χ1) is 8.20. The third kappa shape index (κ3) is 2.62. The maximum absolute atomic E-state index is 11.2. The maximum atomic E-state index is 11.2. The van der Waals surface area contributed by atoms with Crippen LogP contribution in [-0.4, -0.2) is 46.6 Å². The lowest BCUT2D eigenvalue weighted by Crippen LogP contribution is -2.55. The molecule has 2 heterocycles. The fourth-order valence-corrected chi connectivity index (χ4v) is 2.23. The number of piperazine rings is 1. The third-order valence-electron chi connectivity index (χ3n) is 3.23. The molecule has 0 aromatic carbocycles. The molecule has 1 saturated heterocycles. The Labute approximate surface area is 100 Å². The van der Waals surface area contributed by atoms with E-state index in [4.69, 9.17) is 0 Å². The number of carboxylic acid groups (broad SMARTS) is 1. The molecule has 1 aromatic rings. The van der Waals surface area contributed by atoms with Gasteiger partial charge in [0, 0.05) is 38.1 Å². The number of carboxylic acids is 1. The molecule has 1 fully saturated rings. The van der Waals surface area contributed by atoms with Crippen molar-refractivity contribution < 1.29 is 9.90 Å². The van der Waals surface area contributed by atoms with Gasteiger partial charge in [-0.3, -0.25) is 14.7 Å². The first-order valence-electron chi connectivity index (χ1n) is 5.79. The van der Waals surface area contributed by atoms with E-state index < -0.39 is 12.0 Å². The first kappa shape index (κ1) is 12.0. The Balaban J connectivity index is 2.16. The van der Waals surface area contributed by atoms with Crippen molar-refractivity contribution in [1.29, 1.82) is 0 Å². The fourth-order valence-electron chi connectivity index (χ4n) is 2.23. The fraction of sp³-hybridized carbons (Fsp3) is 0.500. The Morgan fingerprint density at radius 1 is 1.71 bits per heavy atom. The number of carbonyl (C=O) groups is 1. The summed E-state index contributed by atoms with van der Waals surface area (Å²) in [5.41, 5.74) is 1.06. The number of aliphatic carboxylic acids is 1. The average molecular weight is 235 g/mol. The van der Waals surface area contributed by atoms with Crippen LogP contribution in [0.1, 0.15) is 18.5 Å². The van der Waals surface area contributed by atoms with Gasteiger partial charge in [-0.25, -0.2) is 0 Å². The largest absolute Gasteiger partial charge is 0.480 e. The average Bonchev–Trinajstić information content (AvgIpc) is 2.39. The SMILES string of the molecule is CC(c1cccnc1)N1CCNCC1C(=O)O. The number of rotatable bonds is 3. The number of nitrogens with one attached hydrogen (secondary N) is 1. The molecule has 17 heavy (non-hydrogen) atoms. The Bertz CT molecular complexity index is 383. The topological polar surface area (TPSA) is 65.5 Å². The van der Waals surface area contributed by atoms with Gasteiger partial charge in [-0.2, -0.15) is 0 Å². The van der Waals surface area contributed by atoms with E-state index in [1.54, 1.807) is 12.4 Å². The molecule has 0 amide bonds. The summed E-state index contributed by atoms with van der Waals surface area (Å²) in [4.78, 5) is 17.3.